The minimum Gasteiger partial charge on any atom is -0.481 e. The summed E-state index contributed by atoms with van der Waals surface area (Å²) < 4.78 is 4.92. The van der Waals surface area contributed by atoms with Crippen molar-refractivity contribution >= 4 is 0 Å². The molecular weight excluding hydrogens is 170 g/mol. The van der Waals surface area contributed by atoms with E-state index in [9.17, 15) is 0 Å². The molecule has 0 amide bonds. The second kappa shape index (κ2) is 4.74. The zero-order valence-corrected chi connectivity index (χ0v) is 7.47. The highest BCUT2D eigenvalue weighted by Gasteiger charge is 2.11. The molecule has 0 aromatic carbocycles. The number of methoxy groups -OCH3 is 1. The standard InChI is InChI=1S/C8H13N3O2/c1-13-7-2-3-10-8(11-7)6(4-9)5-12/h2-3,6,12H,4-5,9H2,1H3. The predicted molar refractivity (Wildman–Crippen MR) is 47.5 cm³/mol. The van der Waals surface area contributed by atoms with Crippen LogP contribution in [-0.4, -0.2) is 35.3 Å². The van der Waals surface area contributed by atoms with E-state index in [1.54, 1.807) is 12.3 Å². The third-order valence-electron chi connectivity index (χ3n) is 1.73. The molecule has 0 bridgehead atoms. The van der Waals surface area contributed by atoms with Gasteiger partial charge >= 0.3 is 0 Å². The van der Waals surface area contributed by atoms with Gasteiger partial charge in [-0.3, -0.25) is 0 Å². The number of aliphatic hydroxyl groups is 1. The van der Waals surface area contributed by atoms with Crippen LogP contribution in [0.3, 0.4) is 0 Å². The van der Waals surface area contributed by atoms with Crippen molar-refractivity contribution in [2.45, 2.75) is 5.92 Å². The molecule has 0 aliphatic rings. The minimum absolute atomic E-state index is 0.0519. The van der Waals surface area contributed by atoms with Crippen LogP contribution in [0.5, 0.6) is 5.88 Å². The monoisotopic (exact) mass is 183 g/mol. The van der Waals surface area contributed by atoms with Gasteiger partial charge in [0.1, 0.15) is 5.82 Å². The van der Waals surface area contributed by atoms with E-state index in [2.05, 4.69) is 9.97 Å². The molecule has 0 aliphatic heterocycles. The molecule has 5 heteroatoms. The molecule has 0 fully saturated rings. The van der Waals surface area contributed by atoms with Crippen molar-refractivity contribution in [2.75, 3.05) is 20.3 Å². The van der Waals surface area contributed by atoms with Crippen LogP contribution in [0.15, 0.2) is 12.3 Å². The minimum atomic E-state index is -0.213. The fraction of sp³-hybridized carbons (Fsp3) is 0.500. The summed E-state index contributed by atoms with van der Waals surface area (Å²) in [6, 6.07) is 1.65. The second-order valence-electron chi connectivity index (χ2n) is 2.57. The topological polar surface area (TPSA) is 81.3 Å². The molecule has 1 aromatic rings. The highest BCUT2D eigenvalue weighted by Crippen LogP contribution is 2.11. The lowest BCUT2D eigenvalue weighted by molar-refractivity contribution is 0.262. The summed E-state index contributed by atoms with van der Waals surface area (Å²) in [6.45, 7) is 0.271. The van der Waals surface area contributed by atoms with E-state index in [4.69, 9.17) is 15.6 Å². The molecule has 0 aliphatic carbocycles. The first kappa shape index (κ1) is 9.88. The molecule has 0 saturated heterocycles. The first-order valence-electron chi connectivity index (χ1n) is 3.99. The fourth-order valence-electron chi connectivity index (χ4n) is 0.928. The molecule has 13 heavy (non-hydrogen) atoms. The Morgan fingerprint density at radius 3 is 3.00 bits per heavy atom. The van der Waals surface area contributed by atoms with E-state index in [0.717, 1.165) is 0 Å². The fourth-order valence-corrected chi connectivity index (χ4v) is 0.928. The molecule has 0 spiro atoms. The second-order valence-corrected chi connectivity index (χ2v) is 2.57. The normalized spacial score (nSPS) is 12.5. The number of hydrogen-bond donors (Lipinski definition) is 2. The summed E-state index contributed by atoms with van der Waals surface area (Å²) in [5, 5.41) is 8.94. The molecular formula is C8H13N3O2. The summed E-state index contributed by atoms with van der Waals surface area (Å²) in [7, 11) is 1.53. The third kappa shape index (κ3) is 2.37. The van der Waals surface area contributed by atoms with E-state index in [1.807, 2.05) is 0 Å². The van der Waals surface area contributed by atoms with E-state index < -0.39 is 0 Å². The Hall–Kier alpha value is -1.20. The van der Waals surface area contributed by atoms with Gasteiger partial charge in [0.15, 0.2) is 0 Å². The van der Waals surface area contributed by atoms with Gasteiger partial charge < -0.3 is 15.6 Å². The van der Waals surface area contributed by atoms with Crippen molar-refractivity contribution in [3.63, 3.8) is 0 Å². The lowest BCUT2D eigenvalue weighted by atomic mass is 10.1. The largest absolute Gasteiger partial charge is 0.481 e. The SMILES string of the molecule is COc1ccnc(C(CN)CO)n1. The number of aliphatic hydroxyl groups excluding tert-OH is 1. The van der Waals surface area contributed by atoms with Crippen LogP contribution >= 0.6 is 0 Å². The van der Waals surface area contributed by atoms with Gasteiger partial charge in [0.2, 0.25) is 5.88 Å². The van der Waals surface area contributed by atoms with Crippen molar-refractivity contribution in [1.82, 2.24) is 9.97 Å². The molecule has 1 rings (SSSR count). The maximum Gasteiger partial charge on any atom is 0.216 e. The first-order valence-corrected chi connectivity index (χ1v) is 3.99. The van der Waals surface area contributed by atoms with Crippen molar-refractivity contribution in [3.8, 4) is 5.88 Å². The number of ether oxygens (including phenoxy) is 1. The van der Waals surface area contributed by atoms with Crippen LogP contribution in [0.2, 0.25) is 0 Å². The summed E-state index contributed by atoms with van der Waals surface area (Å²) in [5.74, 6) is 0.788. The highest BCUT2D eigenvalue weighted by atomic mass is 16.5. The highest BCUT2D eigenvalue weighted by molar-refractivity contribution is 5.10. The Bertz CT molecular complexity index is 263. The Morgan fingerprint density at radius 2 is 2.46 bits per heavy atom. The zero-order valence-electron chi connectivity index (χ0n) is 7.47. The average Bonchev–Trinajstić information content (AvgIpc) is 2.20. The molecule has 0 radical (unpaired) electrons. The maximum atomic E-state index is 8.94. The Balaban J connectivity index is 2.86. The van der Waals surface area contributed by atoms with Crippen molar-refractivity contribution in [3.05, 3.63) is 18.1 Å². The van der Waals surface area contributed by atoms with Gasteiger partial charge in [-0.15, -0.1) is 0 Å². The van der Waals surface area contributed by atoms with Crippen molar-refractivity contribution < 1.29 is 9.84 Å². The van der Waals surface area contributed by atoms with E-state index in [0.29, 0.717) is 18.2 Å². The van der Waals surface area contributed by atoms with E-state index in [1.165, 1.54) is 7.11 Å². The lowest BCUT2D eigenvalue weighted by Crippen LogP contribution is -2.18. The molecule has 3 N–H and O–H groups in total. The zero-order chi connectivity index (χ0) is 9.68. The van der Waals surface area contributed by atoms with Gasteiger partial charge in [-0.1, -0.05) is 0 Å². The Labute approximate surface area is 76.6 Å². The molecule has 1 unspecified atom stereocenters. The van der Waals surface area contributed by atoms with Crippen LogP contribution in [0.1, 0.15) is 11.7 Å². The quantitative estimate of drug-likeness (QED) is 0.659. The molecule has 1 aromatic heterocycles. The number of nitrogens with two attached hydrogens (primary N) is 1. The van der Waals surface area contributed by atoms with Crippen molar-refractivity contribution in [2.24, 2.45) is 5.73 Å². The first-order chi connectivity index (χ1) is 6.31. The molecule has 5 nitrogen and oxygen atoms in total. The van der Waals surface area contributed by atoms with Gasteiger partial charge in [0.05, 0.1) is 19.6 Å². The average molecular weight is 183 g/mol. The number of hydrogen-bond acceptors (Lipinski definition) is 5. The number of nitrogens with zero attached hydrogens (tertiary/aromatic N) is 2. The number of rotatable bonds is 4. The lowest BCUT2D eigenvalue weighted by Gasteiger charge is -2.09. The summed E-state index contributed by atoms with van der Waals surface area (Å²) in [6.07, 6.45) is 1.58. The maximum absolute atomic E-state index is 8.94. The van der Waals surface area contributed by atoms with Gasteiger partial charge in [0.25, 0.3) is 0 Å². The summed E-state index contributed by atoms with van der Waals surface area (Å²) in [5.41, 5.74) is 5.43. The molecule has 0 saturated carbocycles. The molecule has 1 atom stereocenters. The molecule has 1 heterocycles. The van der Waals surface area contributed by atoms with Gasteiger partial charge in [-0.25, -0.2) is 4.98 Å². The number of aromatic nitrogens is 2. The van der Waals surface area contributed by atoms with Gasteiger partial charge in [0, 0.05) is 18.8 Å². The van der Waals surface area contributed by atoms with Crippen LogP contribution < -0.4 is 10.5 Å². The smallest absolute Gasteiger partial charge is 0.216 e. The van der Waals surface area contributed by atoms with E-state index in [-0.39, 0.29) is 12.5 Å². The van der Waals surface area contributed by atoms with E-state index >= 15 is 0 Å². The van der Waals surface area contributed by atoms with Crippen LogP contribution in [0, 0.1) is 0 Å². The predicted octanol–water partition coefficient (Wildman–Crippen LogP) is -0.480. The third-order valence-corrected chi connectivity index (χ3v) is 1.73. The Morgan fingerprint density at radius 1 is 1.69 bits per heavy atom. The molecule has 72 valence electrons. The van der Waals surface area contributed by atoms with Gasteiger partial charge in [-0.2, -0.15) is 4.98 Å². The summed E-state index contributed by atoms with van der Waals surface area (Å²) >= 11 is 0. The van der Waals surface area contributed by atoms with Gasteiger partial charge in [-0.05, 0) is 0 Å². The summed E-state index contributed by atoms with van der Waals surface area (Å²) in [4.78, 5) is 8.06. The van der Waals surface area contributed by atoms with Crippen LogP contribution in [0.25, 0.3) is 0 Å². The van der Waals surface area contributed by atoms with Crippen molar-refractivity contribution in [1.29, 1.82) is 0 Å². The van der Waals surface area contributed by atoms with Crippen LogP contribution in [-0.2, 0) is 0 Å². The Kier molecular flexibility index (Phi) is 3.60. The van der Waals surface area contributed by atoms with Crippen LogP contribution in [0.4, 0.5) is 0 Å².